The fraction of sp³-hybridized carbons (Fsp3) is 0.542. The van der Waals surface area contributed by atoms with Gasteiger partial charge in [0, 0.05) is 11.1 Å². The minimum atomic E-state index is -0.0660. The number of ether oxygens (including phenoxy) is 2. The number of methoxy groups -OCH3 is 2. The zero-order valence-corrected chi connectivity index (χ0v) is 42.7. The van der Waals surface area contributed by atoms with Crippen LogP contribution in [0.3, 0.4) is 0 Å². The Kier molecular flexibility index (Phi) is 29.8. The first kappa shape index (κ1) is 56.6. The summed E-state index contributed by atoms with van der Waals surface area (Å²) in [5, 5.41) is 21.2. The van der Waals surface area contributed by atoms with Crippen molar-refractivity contribution < 1.29 is 19.7 Å². The van der Waals surface area contributed by atoms with E-state index in [1.54, 1.807) is 13.0 Å². The van der Waals surface area contributed by atoms with Crippen LogP contribution in [0.1, 0.15) is 203 Å². The van der Waals surface area contributed by atoms with Gasteiger partial charge < -0.3 is 19.7 Å². The second kappa shape index (κ2) is 33.2. The number of aromatic hydroxyl groups is 2. The molecule has 0 spiro atoms. The molecule has 0 fully saturated rings. The third-order valence-corrected chi connectivity index (χ3v) is 11.8. The van der Waals surface area contributed by atoms with E-state index in [1.165, 1.54) is 83.6 Å². The minimum absolute atomic E-state index is 0.0449. The molecular formula is C59H90O4. The largest absolute Gasteiger partial charge is 0.504 e. The number of hydrogen-bond acceptors (Lipinski definition) is 4. The van der Waals surface area contributed by atoms with Crippen molar-refractivity contribution in [1.82, 2.24) is 0 Å². The predicted molar refractivity (Wildman–Crippen MR) is 277 cm³/mol. The summed E-state index contributed by atoms with van der Waals surface area (Å²) in [6.07, 6.45) is 43.4. The van der Waals surface area contributed by atoms with E-state index >= 15 is 0 Å². The summed E-state index contributed by atoms with van der Waals surface area (Å²) in [4.78, 5) is 0. The number of benzene rings is 1. The molecule has 0 atom stereocenters. The number of phenolic OH excluding ortho intramolecular Hbond substituents is 2. The molecule has 0 amide bonds. The van der Waals surface area contributed by atoms with Gasteiger partial charge in [-0.05, 0) is 210 Å². The van der Waals surface area contributed by atoms with Gasteiger partial charge in [-0.25, -0.2) is 0 Å². The summed E-state index contributed by atoms with van der Waals surface area (Å²) in [6.45, 7) is 26.3. The van der Waals surface area contributed by atoms with Gasteiger partial charge in [0.2, 0.25) is 11.5 Å². The molecule has 0 radical (unpaired) electrons. The van der Waals surface area contributed by atoms with Gasteiger partial charge in [-0.2, -0.15) is 0 Å². The maximum absolute atomic E-state index is 10.7. The van der Waals surface area contributed by atoms with Crippen molar-refractivity contribution in [3.05, 3.63) is 127 Å². The topological polar surface area (TPSA) is 58.9 Å². The van der Waals surface area contributed by atoms with Crippen LogP contribution in [-0.2, 0) is 0 Å². The van der Waals surface area contributed by atoms with Gasteiger partial charge in [-0.3, -0.25) is 0 Å². The summed E-state index contributed by atoms with van der Waals surface area (Å²) in [5.74, 6) is 0.132. The Hall–Kier alpha value is -4.40. The average molecular weight is 863 g/mol. The summed E-state index contributed by atoms with van der Waals surface area (Å²) >= 11 is 0. The minimum Gasteiger partial charge on any atom is -0.504 e. The van der Waals surface area contributed by atoms with Gasteiger partial charge in [-0.15, -0.1) is 5.73 Å². The van der Waals surface area contributed by atoms with E-state index in [0.29, 0.717) is 11.1 Å². The molecule has 0 aromatic heterocycles. The fourth-order valence-electron chi connectivity index (χ4n) is 7.40. The molecule has 0 saturated heterocycles. The highest BCUT2D eigenvalue weighted by Crippen LogP contribution is 2.48. The zero-order valence-electron chi connectivity index (χ0n) is 42.7. The van der Waals surface area contributed by atoms with Crippen LogP contribution in [0.5, 0.6) is 23.0 Å². The summed E-state index contributed by atoms with van der Waals surface area (Å²) in [6, 6.07) is 0. The van der Waals surface area contributed by atoms with E-state index in [4.69, 9.17) is 9.47 Å². The first-order valence-corrected chi connectivity index (χ1v) is 24.0. The molecule has 0 aliphatic heterocycles. The van der Waals surface area contributed by atoms with Gasteiger partial charge in [-0.1, -0.05) is 105 Å². The van der Waals surface area contributed by atoms with E-state index in [1.807, 2.05) is 6.92 Å². The van der Waals surface area contributed by atoms with E-state index in [2.05, 4.69) is 130 Å². The molecule has 1 aromatic rings. The van der Waals surface area contributed by atoms with Crippen molar-refractivity contribution in [1.29, 1.82) is 0 Å². The van der Waals surface area contributed by atoms with Gasteiger partial charge in [0.1, 0.15) is 0 Å². The van der Waals surface area contributed by atoms with Crippen LogP contribution in [0.15, 0.2) is 116 Å². The molecule has 0 aliphatic rings. The smallest absolute Gasteiger partial charge is 0.207 e. The van der Waals surface area contributed by atoms with Crippen LogP contribution in [0.25, 0.3) is 6.08 Å². The van der Waals surface area contributed by atoms with E-state index in [0.717, 1.165) is 102 Å². The van der Waals surface area contributed by atoms with Crippen molar-refractivity contribution in [2.45, 2.75) is 199 Å². The van der Waals surface area contributed by atoms with Crippen LogP contribution in [0.4, 0.5) is 0 Å². The Morgan fingerprint density at radius 3 is 0.921 bits per heavy atom. The number of allylic oxidation sites excluding steroid dienone is 19. The quantitative estimate of drug-likeness (QED) is 0.0460. The molecule has 4 heteroatoms. The Bertz CT molecular complexity index is 1900. The molecule has 0 unspecified atom stereocenters. The van der Waals surface area contributed by atoms with Crippen LogP contribution in [0, 0.1) is 6.92 Å². The lowest BCUT2D eigenvalue weighted by Crippen LogP contribution is -1.95. The molecule has 0 heterocycles. The summed E-state index contributed by atoms with van der Waals surface area (Å²) in [5.41, 5.74) is 18.7. The normalized spacial score (nSPS) is 13.6. The summed E-state index contributed by atoms with van der Waals surface area (Å²) < 4.78 is 10.5. The number of rotatable bonds is 30. The Morgan fingerprint density at radius 2 is 0.651 bits per heavy atom. The highest BCUT2D eigenvalue weighted by molar-refractivity contribution is 5.74. The van der Waals surface area contributed by atoms with Gasteiger partial charge in [0.25, 0.3) is 0 Å². The monoisotopic (exact) mass is 863 g/mol. The average Bonchev–Trinajstić information content (AvgIpc) is 3.21. The second-order valence-corrected chi connectivity index (χ2v) is 18.4. The SMILES string of the molecule is COc1c(O)c(C)c(C=C=C(C)CCC=C(C)CCC=C(C)CCC=C(C)CCC=C(C)CCC=C(C)CCC=C(C)CCC=C(C)CCC=C(C)CCC=C(C)C)c(O)c1OC. The van der Waals surface area contributed by atoms with Gasteiger partial charge in [0.15, 0.2) is 11.5 Å². The highest BCUT2D eigenvalue weighted by atomic mass is 16.5. The van der Waals surface area contributed by atoms with Crippen LogP contribution in [-0.4, -0.2) is 24.4 Å². The van der Waals surface area contributed by atoms with Gasteiger partial charge >= 0.3 is 0 Å². The van der Waals surface area contributed by atoms with Crippen LogP contribution < -0.4 is 9.47 Å². The molecular weight excluding hydrogens is 773 g/mol. The third-order valence-electron chi connectivity index (χ3n) is 11.8. The van der Waals surface area contributed by atoms with Crippen LogP contribution in [0.2, 0.25) is 0 Å². The van der Waals surface area contributed by atoms with Crippen molar-refractivity contribution in [3.8, 4) is 23.0 Å². The van der Waals surface area contributed by atoms with E-state index in [-0.39, 0.29) is 23.0 Å². The van der Waals surface area contributed by atoms with Crippen LogP contribution >= 0.6 is 0 Å². The molecule has 350 valence electrons. The lowest BCUT2D eigenvalue weighted by molar-refractivity contribution is 0.315. The molecule has 0 saturated carbocycles. The maximum Gasteiger partial charge on any atom is 0.207 e. The Morgan fingerprint density at radius 1 is 0.397 bits per heavy atom. The maximum atomic E-state index is 10.7. The van der Waals surface area contributed by atoms with Crippen molar-refractivity contribution in [2.75, 3.05) is 14.2 Å². The molecule has 0 aliphatic carbocycles. The lowest BCUT2D eigenvalue weighted by atomic mass is 10.0. The molecule has 2 N–H and O–H groups in total. The van der Waals surface area contributed by atoms with E-state index < -0.39 is 0 Å². The van der Waals surface area contributed by atoms with Crippen molar-refractivity contribution in [3.63, 3.8) is 0 Å². The van der Waals surface area contributed by atoms with Crippen molar-refractivity contribution >= 4 is 6.08 Å². The van der Waals surface area contributed by atoms with Crippen molar-refractivity contribution in [2.24, 2.45) is 0 Å². The molecule has 63 heavy (non-hydrogen) atoms. The first-order valence-electron chi connectivity index (χ1n) is 24.0. The molecule has 1 aromatic carbocycles. The predicted octanol–water partition coefficient (Wildman–Crippen LogP) is 18.5. The summed E-state index contributed by atoms with van der Waals surface area (Å²) in [7, 11) is 2.87. The first-order chi connectivity index (χ1) is 30.0. The number of hydrogen-bond donors (Lipinski definition) is 2. The molecule has 1 rings (SSSR count). The Labute approximate surface area is 387 Å². The van der Waals surface area contributed by atoms with Gasteiger partial charge in [0.05, 0.1) is 14.2 Å². The zero-order chi connectivity index (χ0) is 47.2. The molecule has 0 bridgehead atoms. The molecule has 4 nitrogen and oxygen atoms in total. The number of phenols is 2. The third kappa shape index (κ3) is 26.1. The lowest BCUT2D eigenvalue weighted by Gasteiger charge is -2.15. The van der Waals surface area contributed by atoms with E-state index in [9.17, 15) is 10.2 Å². The second-order valence-electron chi connectivity index (χ2n) is 18.4. The Balaban J connectivity index is 2.35. The highest BCUT2D eigenvalue weighted by Gasteiger charge is 2.21. The standard InChI is InChI=1S/C59H90O4/c1-44(2)24-15-25-45(3)26-16-27-46(4)28-17-29-47(5)30-18-31-48(6)32-19-33-49(7)34-20-35-50(8)36-21-37-51(9)38-22-39-52(10)40-23-41-53(11)42-43-55-54(12)56(60)58(62-13)59(63-14)57(55)61/h24,26,28,30,32,34,36,38,40,43,60-61H,15-23,25,27,29,31,33,35,37,39,41H2,1-14H3. The fourth-order valence-corrected chi connectivity index (χ4v) is 7.40.